The number of rotatable bonds is 11. The Bertz CT molecular complexity index is 824. The number of hydrogen-bond acceptors (Lipinski definition) is 8. The van der Waals surface area contributed by atoms with Gasteiger partial charge in [-0.2, -0.15) is 0 Å². The number of amides is 2. The first kappa shape index (κ1) is 23.3. The maximum absolute atomic E-state index is 12.6. The molecular formula is C19H25BN4O6. The van der Waals surface area contributed by atoms with Crippen LogP contribution in [0.2, 0.25) is 0 Å². The number of carbonyl (C=O) groups is 2. The van der Waals surface area contributed by atoms with Crippen LogP contribution in [-0.2, 0) is 9.53 Å². The first-order valence-electron chi connectivity index (χ1n) is 9.34. The third-order valence-electron chi connectivity index (χ3n) is 4.09. The van der Waals surface area contributed by atoms with E-state index < -0.39 is 30.9 Å². The lowest BCUT2D eigenvalue weighted by molar-refractivity contribution is -0.124. The highest BCUT2D eigenvalue weighted by Gasteiger charge is 2.29. The van der Waals surface area contributed by atoms with Crippen LogP contribution in [0.4, 0.5) is 0 Å². The number of hydrogen-bond donors (Lipinski definition) is 4. The monoisotopic (exact) mass is 416 g/mol. The van der Waals surface area contributed by atoms with Crippen LogP contribution < -0.4 is 15.4 Å². The second-order valence-electron chi connectivity index (χ2n) is 6.45. The number of nitrogens with zero attached hydrogens (tertiary/aromatic N) is 2. The van der Waals surface area contributed by atoms with E-state index in [2.05, 4.69) is 20.6 Å². The summed E-state index contributed by atoms with van der Waals surface area (Å²) in [5.41, 5.74) is 0.103. The summed E-state index contributed by atoms with van der Waals surface area (Å²) in [6.45, 7) is 1.67. The quantitative estimate of drug-likeness (QED) is 0.359. The number of aromatic nitrogens is 2. The van der Waals surface area contributed by atoms with E-state index in [4.69, 9.17) is 9.47 Å². The van der Waals surface area contributed by atoms with Crippen molar-refractivity contribution in [3.05, 3.63) is 54.1 Å². The minimum atomic E-state index is -1.81. The second kappa shape index (κ2) is 11.9. The highest BCUT2D eigenvalue weighted by Crippen LogP contribution is 2.09. The zero-order chi connectivity index (χ0) is 21.9. The summed E-state index contributed by atoms with van der Waals surface area (Å²) < 4.78 is 10.5. The van der Waals surface area contributed by atoms with Crippen LogP contribution in [0.1, 0.15) is 22.7 Å². The van der Waals surface area contributed by atoms with Crippen LogP contribution in [0.3, 0.4) is 0 Å². The molecule has 0 saturated heterocycles. The van der Waals surface area contributed by atoms with Crippen molar-refractivity contribution in [2.24, 2.45) is 0 Å². The summed E-state index contributed by atoms with van der Waals surface area (Å²) >= 11 is 0. The number of benzene rings is 1. The van der Waals surface area contributed by atoms with Crippen LogP contribution in [0, 0.1) is 6.92 Å². The van der Waals surface area contributed by atoms with E-state index in [1.54, 1.807) is 19.1 Å². The zero-order valence-electron chi connectivity index (χ0n) is 16.8. The molecular weight excluding hydrogens is 391 g/mol. The van der Waals surface area contributed by atoms with Crippen molar-refractivity contribution >= 4 is 18.9 Å². The lowest BCUT2D eigenvalue weighted by atomic mass is 9.77. The molecule has 0 fully saturated rings. The van der Waals surface area contributed by atoms with Gasteiger partial charge in [-0.25, -0.2) is 9.97 Å². The van der Waals surface area contributed by atoms with Gasteiger partial charge in [-0.1, -0.05) is 18.2 Å². The highest BCUT2D eigenvalue weighted by molar-refractivity contribution is 6.43. The third-order valence-corrected chi connectivity index (χ3v) is 4.09. The summed E-state index contributed by atoms with van der Waals surface area (Å²) in [6.07, 6.45) is 1.57. The molecule has 0 spiro atoms. The first-order valence-corrected chi connectivity index (χ1v) is 9.34. The second-order valence-corrected chi connectivity index (χ2v) is 6.45. The van der Waals surface area contributed by atoms with Gasteiger partial charge in [-0.3, -0.25) is 9.59 Å². The van der Waals surface area contributed by atoms with E-state index in [1.165, 1.54) is 19.4 Å². The summed E-state index contributed by atoms with van der Waals surface area (Å²) in [5.74, 6) is -1.17. The van der Waals surface area contributed by atoms with Gasteiger partial charge in [-0.05, 0) is 25.1 Å². The number of aryl methyl sites for hydroxylation is 1. The van der Waals surface area contributed by atoms with E-state index in [0.29, 0.717) is 11.6 Å². The number of nitrogens with one attached hydrogen (secondary N) is 2. The van der Waals surface area contributed by atoms with E-state index in [9.17, 15) is 19.6 Å². The molecule has 0 aliphatic rings. The minimum absolute atomic E-state index is 0.103. The topological polar surface area (TPSA) is 143 Å². The van der Waals surface area contributed by atoms with Gasteiger partial charge in [0, 0.05) is 19.7 Å². The Morgan fingerprint density at radius 1 is 1.17 bits per heavy atom. The maximum atomic E-state index is 12.6. The van der Waals surface area contributed by atoms with Crippen molar-refractivity contribution < 1.29 is 29.1 Å². The molecule has 1 heterocycles. The molecule has 2 rings (SSSR count). The van der Waals surface area contributed by atoms with Gasteiger partial charge in [-0.15, -0.1) is 0 Å². The average molecular weight is 416 g/mol. The summed E-state index contributed by atoms with van der Waals surface area (Å²) in [6, 6.07) is 9.36. The van der Waals surface area contributed by atoms with Gasteiger partial charge in [0.25, 0.3) is 5.91 Å². The Kier molecular flexibility index (Phi) is 9.20. The van der Waals surface area contributed by atoms with Crippen LogP contribution in [0.15, 0.2) is 42.6 Å². The van der Waals surface area contributed by atoms with E-state index in [0.717, 1.165) is 0 Å². The molecule has 0 bridgehead atoms. The fourth-order valence-electron chi connectivity index (χ4n) is 2.56. The molecule has 160 valence electrons. The molecule has 2 aromatic rings. The van der Waals surface area contributed by atoms with Crippen molar-refractivity contribution in [2.45, 2.75) is 25.3 Å². The molecule has 0 aliphatic carbocycles. The molecule has 4 N–H and O–H groups in total. The van der Waals surface area contributed by atoms with Crippen LogP contribution in [0.5, 0.6) is 5.75 Å². The number of methoxy groups -OCH3 is 1. The zero-order valence-corrected chi connectivity index (χ0v) is 16.8. The Labute approximate surface area is 174 Å². The van der Waals surface area contributed by atoms with E-state index in [1.807, 2.05) is 18.2 Å². The molecule has 30 heavy (non-hydrogen) atoms. The lowest BCUT2D eigenvalue weighted by Crippen LogP contribution is -2.55. The highest BCUT2D eigenvalue weighted by atomic mass is 16.5. The SMILES string of the molecule is COCC(NC(=O)c1ccnc(C)n1)C(=O)N[C@@H](CCOc1ccccc1)B(O)O. The normalized spacial score (nSPS) is 12.5. The molecule has 10 nitrogen and oxygen atoms in total. The Morgan fingerprint density at radius 3 is 2.53 bits per heavy atom. The van der Waals surface area contributed by atoms with Crippen molar-refractivity contribution in [3.8, 4) is 5.75 Å². The predicted molar refractivity (Wildman–Crippen MR) is 109 cm³/mol. The van der Waals surface area contributed by atoms with Crippen molar-refractivity contribution in [2.75, 3.05) is 20.3 Å². The fourth-order valence-corrected chi connectivity index (χ4v) is 2.56. The molecule has 2 atom stereocenters. The van der Waals surface area contributed by atoms with Gasteiger partial charge >= 0.3 is 7.12 Å². The molecule has 1 unspecified atom stereocenters. The Morgan fingerprint density at radius 2 is 1.90 bits per heavy atom. The predicted octanol–water partition coefficient (Wildman–Crippen LogP) is -0.504. The number of carbonyl (C=O) groups excluding carboxylic acids is 2. The van der Waals surface area contributed by atoms with Crippen LogP contribution in [0.25, 0.3) is 0 Å². The van der Waals surface area contributed by atoms with Gasteiger partial charge in [0.15, 0.2) is 0 Å². The molecule has 0 radical (unpaired) electrons. The molecule has 1 aromatic heterocycles. The van der Waals surface area contributed by atoms with E-state index in [-0.39, 0.29) is 25.3 Å². The number of ether oxygens (including phenoxy) is 2. The summed E-state index contributed by atoms with van der Waals surface area (Å²) in [4.78, 5) is 32.9. The van der Waals surface area contributed by atoms with Gasteiger partial charge in [0.05, 0.1) is 19.2 Å². The van der Waals surface area contributed by atoms with Crippen molar-refractivity contribution in [1.82, 2.24) is 20.6 Å². The van der Waals surface area contributed by atoms with Gasteiger partial charge < -0.3 is 30.2 Å². The fraction of sp³-hybridized carbons (Fsp3) is 0.368. The maximum Gasteiger partial charge on any atom is 0.475 e. The molecule has 2 amide bonds. The summed E-state index contributed by atoms with van der Waals surface area (Å²) in [5, 5.41) is 24.3. The van der Waals surface area contributed by atoms with Gasteiger partial charge in [0.1, 0.15) is 23.3 Å². The lowest BCUT2D eigenvalue weighted by Gasteiger charge is -2.22. The molecule has 0 aliphatic heterocycles. The standard InChI is InChI=1S/C19H25BN4O6/c1-13-21-10-8-15(22-13)18(25)23-16(12-29-2)19(26)24-17(20(27)28)9-11-30-14-6-4-3-5-7-14/h3-8,10,16-17,27-28H,9,11-12H2,1-2H3,(H,23,25)(H,24,26)/t16?,17-/m0/s1. The van der Waals surface area contributed by atoms with Crippen LogP contribution in [-0.4, -0.2) is 71.3 Å². The van der Waals surface area contributed by atoms with Gasteiger partial charge in [0.2, 0.25) is 5.91 Å². The molecule has 11 heteroatoms. The smallest absolute Gasteiger partial charge is 0.475 e. The van der Waals surface area contributed by atoms with E-state index >= 15 is 0 Å². The number of para-hydroxylation sites is 1. The van der Waals surface area contributed by atoms with Crippen molar-refractivity contribution in [3.63, 3.8) is 0 Å². The Balaban J connectivity index is 1.95. The Hall–Kier alpha value is -3.02. The third kappa shape index (κ3) is 7.43. The average Bonchev–Trinajstić information content (AvgIpc) is 2.73. The van der Waals surface area contributed by atoms with Crippen molar-refractivity contribution in [1.29, 1.82) is 0 Å². The minimum Gasteiger partial charge on any atom is -0.494 e. The first-order chi connectivity index (χ1) is 14.4. The largest absolute Gasteiger partial charge is 0.494 e. The molecule has 0 saturated carbocycles. The summed E-state index contributed by atoms with van der Waals surface area (Å²) in [7, 11) is -0.426. The molecule has 1 aromatic carbocycles. The van der Waals surface area contributed by atoms with Crippen LogP contribution >= 0.6 is 0 Å².